The second-order valence-electron chi connectivity index (χ2n) is 5.87. The predicted octanol–water partition coefficient (Wildman–Crippen LogP) is 3.88. The van der Waals surface area contributed by atoms with Crippen molar-refractivity contribution in [1.82, 2.24) is 0 Å². The molecule has 0 heterocycles. The first-order valence-electron chi connectivity index (χ1n) is 6.22. The molecular formula is C14H22O. The van der Waals surface area contributed by atoms with E-state index in [9.17, 15) is 4.79 Å². The standard InChI is InChI=1S/C14H22O/c1-10(15)12-7-6-11-5-4-8-14(2,3)13(11)9-12/h12H,4-9H2,1-3H3/t12-/m0/s1. The molecular weight excluding hydrogens is 184 g/mol. The average molecular weight is 206 g/mol. The van der Waals surface area contributed by atoms with E-state index in [1.807, 2.05) is 0 Å². The maximum Gasteiger partial charge on any atom is 0.133 e. The minimum absolute atomic E-state index is 0.320. The number of Topliss-reactive ketones (excluding diaryl/α,β-unsaturated/α-hetero) is 1. The maximum atomic E-state index is 11.5. The van der Waals surface area contributed by atoms with Crippen LogP contribution in [0.5, 0.6) is 0 Å². The fourth-order valence-corrected chi connectivity index (χ4v) is 3.26. The fraction of sp³-hybridized carbons (Fsp3) is 0.786. The smallest absolute Gasteiger partial charge is 0.133 e. The third kappa shape index (κ3) is 2.02. The van der Waals surface area contributed by atoms with Crippen LogP contribution in [0.2, 0.25) is 0 Å². The van der Waals surface area contributed by atoms with E-state index in [2.05, 4.69) is 13.8 Å². The number of hydrogen-bond donors (Lipinski definition) is 0. The van der Waals surface area contributed by atoms with Gasteiger partial charge in [0.05, 0.1) is 0 Å². The Kier molecular flexibility index (Phi) is 2.74. The molecule has 1 nitrogen and oxygen atoms in total. The minimum Gasteiger partial charge on any atom is -0.300 e. The highest BCUT2D eigenvalue weighted by Crippen LogP contribution is 2.47. The summed E-state index contributed by atoms with van der Waals surface area (Å²) in [5.41, 5.74) is 3.67. The molecule has 0 aliphatic heterocycles. The lowest BCUT2D eigenvalue weighted by Gasteiger charge is -2.40. The first-order chi connectivity index (χ1) is 7.00. The molecule has 0 unspecified atom stereocenters. The molecule has 1 atom stereocenters. The van der Waals surface area contributed by atoms with Crippen molar-refractivity contribution in [3.05, 3.63) is 11.1 Å². The second-order valence-corrected chi connectivity index (χ2v) is 5.87. The number of allylic oxidation sites excluding steroid dienone is 2. The zero-order chi connectivity index (χ0) is 11.1. The Balaban J connectivity index is 2.25. The first-order valence-corrected chi connectivity index (χ1v) is 6.22. The van der Waals surface area contributed by atoms with Crippen LogP contribution in [0, 0.1) is 11.3 Å². The van der Waals surface area contributed by atoms with E-state index >= 15 is 0 Å². The maximum absolute atomic E-state index is 11.5. The van der Waals surface area contributed by atoms with Crippen molar-refractivity contribution < 1.29 is 4.79 Å². The van der Waals surface area contributed by atoms with Crippen molar-refractivity contribution in [3.8, 4) is 0 Å². The molecule has 0 aromatic heterocycles. The van der Waals surface area contributed by atoms with Crippen molar-refractivity contribution in [2.24, 2.45) is 11.3 Å². The van der Waals surface area contributed by atoms with Gasteiger partial charge in [0.1, 0.15) is 5.78 Å². The molecule has 0 saturated heterocycles. The molecule has 0 bridgehead atoms. The summed E-state index contributed by atoms with van der Waals surface area (Å²) in [7, 11) is 0. The zero-order valence-corrected chi connectivity index (χ0v) is 10.2. The molecule has 0 radical (unpaired) electrons. The van der Waals surface area contributed by atoms with Gasteiger partial charge in [-0.25, -0.2) is 0 Å². The van der Waals surface area contributed by atoms with Gasteiger partial charge in [-0.1, -0.05) is 25.0 Å². The third-order valence-electron chi connectivity index (χ3n) is 4.34. The summed E-state index contributed by atoms with van der Waals surface area (Å²) in [6.07, 6.45) is 7.28. The molecule has 0 fully saturated rings. The Morgan fingerprint density at radius 3 is 2.73 bits per heavy atom. The van der Waals surface area contributed by atoms with E-state index in [-0.39, 0.29) is 0 Å². The summed E-state index contributed by atoms with van der Waals surface area (Å²) in [4.78, 5) is 11.5. The molecule has 1 heteroatoms. The fourth-order valence-electron chi connectivity index (χ4n) is 3.26. The molecule has 0 saturated carbocycles. The molecule has 0 aromatic rings. The predicted molar refractivity (Wildman–Crippen MR) is 62.7 cm³/mol. The summed E-state index contributed by atoms with van der Waals surface area (Å²) in [5, 5.41) is 0. The SMILES string of the molecule is CC(=O)[C@H]1CCC2=C(C1)C(C)(C)CCC2. The number of ketones is 1. The molecule has 0 aromatic carbocycles. The molecule has 0 amide bonds. The molecule has 2 aliphatic rings. The van der Waals surface area contributed by atoms with Crippen LogP contribution in [0.4, 0.5) is 0 Å². The van der Waals surface area contributed by atoms with E-state index in [4.69, 9.17) is 0 Å². The van der Waals surface area contributed by atoms with Crippen LogP contribution in [0.25, 0.3) is 0 Å². The van der Waals surface area contributed by atoms with Crippen LogP contribution in [-0.4, -0.2) is 5.78 Å². The molecule has 2 aliphatic carbocycles. The van der Waals surface area contributed by atoms with Crippen LogP contribution < -0.4 is 0 Å². The third-order valence-corrected chi connectivity index (χ3v) is 4.34. The zero-order valence-electron chi connectivity index (χ0n) is 10.2. The number of rotatable bonds is 1. The highest BCUT2D eigenvalue weighted by atomic mass is 16.1. The quantitative estimate of drug-likeness (QED) is 0.595. The Hall–Kier alpha value is -0.590. The highest BCUT2D eigenvalue weighted by molar-refractivity contribution is 5.79. The van der Waals surface area contributed by atoms with Crippen molar-refractivity contribution in [2.75, 3.05) is 0 Å². The van der Waals surface area contributed by atoms with Crippen LogP contribution in [0.3, 0.4) is 0 Å². The average Bonchev–Trinajstić information content (AvgIpc) is 2.17. The Bertz CT molecular complexity index is 309. The summed E-state index contributed by atoms with van der Waals surface area (Å²) in [5.74, 6) is 0.712. The van der Waals surface area contributed by atoms with Gasteiger partial charge in [-0.3, -0.25) is 4.79 Å². The van der Waals surface area contributed by atoms with Gasteiger partial charge >= 0.3 is 0 Å². The van der Waals surface area contributed by atoms with E-state index in [0.29, 0.717) is 17.1 Å². The topological polar surface area (TPSA) is 17.1 Å². The van der Waals surface area contributed by atoms with Crippen molar-refractivity contribution in [2.45, 2.75) is 59.3 Å². The number of hydrogen-bond acceptors (Lipinski definition) is 1. The van der Waals surface area contributed by atoms with Gasteiger partial charge in [-0.2, -0.15) is 0 Å². The molecule has 0 N–H and O–H groups in total. The second kappa shape index (κ2) is 3.77. The Labute approximate surface area is 92.9 Å². The highest BCUT2D eigenvalue weighted by Gasteiger charge is 2.34. The van der Waals surface area contributed by atoms with Crippen molar-refractivity contribution in [3.63, 3.8) is 0 Å². The van der Waals surface area contributed by atoms with Crippen LogP contribution in [0.15, 0.2) is 11.1 Å². The summed E-state index contributed by atoms with van der Waals surface area (Å²) < 4.78 is 0. The lowest BCUT2D eigenvalue weighted by Crippen LogP contribution is -2.28. The number of carbonyl (C=O) groups is 1. The largest absolute Gasteiger partial charge is 0.300 e. The van der Waals surface area contributed by atoms with Crippen molar-refractivity contribution in [1.29, 1.82) is 0 Å². The normalized spacial score (nSPS) is 29.9. The monoisotopic (exact) mass is 206 g/mol. The molecule has 2 rings (SSSR count). The van der Waals surface area contributed by atoms with Crippen LogP contribution >= 0.6 is 0 Å². The van der Waals surface area contributed by atoms with E-state index in [1.54, 1.807) is 18.1 Å². The van der Waals surface area contributed by atoms with Crippen LogP contribution in [-0.2, 0) is 4.79 Å². The van der Waals surface area contributed by atoms with Gasteiger partial charge in [0.15, 0.2) is 0 Å². The lowest BCUT2D eigenvalue weighted by atomic mass is 9.65. The van der Waals surface area contributed by atoms with Gasteiger partial charge in [0.2, 0.25) is 0 Å². The van der Waals surface area contributed by atoms with Gasteiger partial charge < -0.3 is 0 Å². The minimum atomic E-state index is 0.320. The summed E-state index contributed by atoms with van der Waals surface area (Å²) in [6, 6.07) is 0. The summed E-state index contributed by atoms with van der Waals surface area (Å²) in [6.45, 7) is 6.46. The van der Waals surface area contributed by atoms with E-state index in [0.717, 1.165) is 12.8 Å². The Morgan fingerprint density at radius 1 is 1.33 bits per heavy atom. The summed E-state index contributed by atoms with van der Waals surface area (Å²) >= 11 is 0. The van der Waals surface area contributed by atoms with Gasteiger partial charge in [-0.05, 0) is 50.9 Å². The Morgan fingerprint density at radius 2 is 2.07 bits per heavy atom. The van der Waals surface area contributed by atoms with E-state index < -0.39 is 0 Å². The van der Waals surface area contributed by atoms with Crippen molar-refractivity contribution >= 4 is 5.78 Å². The van der Waals surface area contributed by atoms with E-state index in [1.165, 1.54) is 25.7 Å². The van der Waals surface area contributed by atoms with Gasteiger partial charge in [-0.15, -0.1) is 0 Å². The first kappa shape index (κ1) is 10.9. The number of carbonyl (C=O) groups excluding carboxylic acids is 1. The molecule has 0 spiro atoms. The lowest BCUT2D eigenvalue weighted by molar-refractivity contribution is -0.121. The van der Waals surface area contributed by atoms with Crippen LogP contribution in [0.1, 0.15) is 59.3 Å². The molecule has 15 heavy (non-hydrogen) atoms. The van der Waals surface area contributed by atoms with Gasteiger partial charge in [0.25, 0.3) is 0 Å². The van der Waals surface area contributed by atoms with Gasteiger partial charge in [0, 0.05) is 5.92 Å². The molecule has 84 valence electrons.